The Morgan fingerprint density at radius 3 is 2.75 bits per heavy atom. The lowest BCUT2D eigenvalue weighted by Crippen LogP contribution is -2.30. The zero-order valence-corrected chi connectivity index (χ0v) is 8.29. The van der Waals surface area contributed by atoms with Crippen LogP contribution in [-0.2, 0) is 9.84 Å². The van der Waals surface area contributed by atoms with Crippen LogP contribution in [-0.4, -0.2) is 32.5 Å². The van der Waals surface area contributed by atoms with E-state index in [0.717, 1.165) is 0 Å². The predicted octanol–water partition coefficient (Wildman–Crippen LogP) is 0.516. The van der Waals surface area contributed by atoms with Crippen LogP contribution in [0, 0.1) is 0 Å². The molecule has 0 aromatic carbocycles. The van der Waals surface area contributed by atoms with E-state index in [2.05, 4.69) is 11.9 Å². The summed E-state index contributed by atoms with van der Waals surface area (Å²) in [5.41, 5.74) is 0. The second-order valence-electron chi connectivity index (χ2n) is 3.00. The summed E-state index contributed by atoms with van der Waals surface area (Å²) in [6, 6.07) is 0.0606. The molecule has 1 unspecified atom stereocenters. The molecule has 0 amide bonds. The summed E-state index contributed by atoms with van der Waals surface area (Å²) >= 11 is 5.52. The highest BCUT2D eigenvalue weighted by Gasteiger charge is 2.26. The van der Waals surface area contributed by atoms with Gasteiger partial charge in [0.2, 0.25) is 0 Å². The van der Waals surface area contributed by atoms with Crippen LogP contribution < -0.4 is 5.32 Å². The molecular formula is C7H12ClNO2S. The molecule has 0 aliphatic carbocycles. The maximum Gasteiger partial charge on any atom is 0.151 e. The lowest BCUT2D eigenvalue weighted by molar-refractivity contribution is 0.583. The summed E-state index contributed by atoms with van der Waals surface area (Å²) in [7, 11) is -2.78. The molecule has 0 aromatic heterocycles. The molecule has 0 saturated carbocycles. The van der Waals surface area contributed by atoms with Crippen molar-refractivity contribution in [2.24, 2.45) is 0 Å². The lowest BCUT2D eigenvalue weighted by Gasteiger charge is -2.08. The van der Waals surface area contributed by atoms with E-state index in [1.165, 1.54) is 0 Å². The number of halogens is 1. The van der Waals surface area contributed by atoms with E-state index in [4.69, 9.17) is 11.6 Å². The molecule has 1 N–H and O–H groups in total. The lowest BCUT2D eigenvalue weighted by atomic mass is 10.3. The van der Waals surface area contributed by atoms with Gasteiger partial charge < -0.3 is 5.32 Å². The molecule has 1 heterocycles. The van der Waals surface area contributed by atoms with Gasteiger partial charge in [-0.1, -0.05) is 18.2 Å². The van der Waals surface area contributed by atoms with E-state index in [1.54, 1.807) is 0 Å². The fourth-order valence-electron chi connectivity index (χ4n) is 1.21. The standard InChI is InChI=1S/C7H12ClNO2S/c1-6(8)4-9-7-2-3-12(10,11)5-7/h7,9H,1-5H2. The average Bonchev–Trinajstić information content (AvgIpc) is 2.26. The maximum atomic E-state index is 11.0. The smallest absolute Gasteiger partial charge is 0.151 e. The summed E-state index contributed by atoms with van der Waals surface area (Å²) < 4.78 is 22.0. The Bertz CT molecular complexity index is 273. The Morgan fingerprint density at radius 1 is 1.67 bits per heavy atom. The fraction of sp³-hybridized carbons (Fsp3) is 0.714. The molecule has 0 radical (unpaired) electrons. The summed E-state index contributed by atoms with van der Waals surface area (Å²) in [6.45, 7) is 3.99. The van der Waals surface area contributed by atoms with E-state index >= 15 is 0 Å². The minimum atomic E-state index is -2.78. The summed E-state index contributed by atoms with van der Waals surface area (Å²) in [4.78, 5) is 0. The zero-order valence-electron chi connectivity index (χ0n) is 6.72. The van der Waals surface area contributed by atoms with Crippen LogP contribution in [0.3, 0.4) is 0 Å². The first-order valence-electron chi connectivity index (χ1n) is 3.77. The second-order valence-corrected chi connectivity index (χ2v) is 5.76. The van der Waals surface area contributed by atoms with Crippen molar-refractivity contribution in [3.63, 3.8) is 0 Å². The van der Waals surface area contributed by atoms with Crippen LogP contribution in [0.2, 0.25) is 0 Å². The molecule has 12 heavy (non-hydrogen) atoms. The summed E-state index contributed by atoms with van der Waals surface area (Å²) in [5, 5.41) is 3.54. The van der Waals surface area contributed by atoms with Gasteiger partial charge >= 0.3 is 0 Å². The van der Waals surface area contributed by atoms with Crippen LogP contribution in [0.4, 0.5) is 0 Å². The number of hydrogen-bond donors (Lipinski definition) is 1. The van der Waals surface area contributed by atoms with Gasteiger partial charge in [0.1, 0.15) is 0 Å². The second kappa shape index (κ2) is 3.77. The Balaban J connectivity index is 2.34. The largest absolute Gasteiger partial charge is 0.308 e. The van der Waals surface area contributed by atoms with Crippen molar-refractivity contribution in [1.82, 2.24) is 5.32 Å². The Labute approximate surface area is 77.7 Å². The fourth-order valence-corrected chi connectivity index (χ4v) is 3.00. The van der Waals surface area contributed by atoms with E-state index in [9.17, 15) is 8.42 Å². The van der Waals surface area contributed by atoms with Crippen molar-refractivity contribution in [1.29, 1.82) is 0 Å². The molecule has 0 aromatic rings. The van der Waals surface area contributed by atoms with Crippen LogP contribution in [0.5, 0.6) is 0 Å². The van der Waals surface area contributed by atoms with E-state index < -0.39 is 9.84 Å². The quantitative estimate of drug-likeness (QED) is 0.737. The van der Waals surface area contributed by atoms with Gasteiger partial charge in [-0.2, -0.15) is 0 Å². The van der Waals surface area contributed by atoms with Crippen LogP contribution >= 0.6 is 11.6 Å². The van der Waals surface area contributed by atoms with Crippen LogP contribution in [0.1, 0.15) is 6.42 Å². The minimum absolute atomic E-state index is 0.0606. The van der Waals surface area contributed by atoms with Crippen molar-refractivity contribution in [2.75, 3.05) is 18.1 Å². The molecule has 0 bridgehead atoms. The van der Waals surface area contributed by atoms with Crippen LogP contribution in [0.25, 0.3) is 0 Å². The van der Waals surface area contributed by atoms with Crippen LogP contribution in [0.15, 0.2) is 11.6 Å². The monoisotopic (exact) mass is 209 g/mol. The third-order valence-electron chi connectivity index (χ3n) is 1.81. The highest BCUT2D eigenvalue weighted by atomic mass is 35.5. The number of nitrogens with one attached hydrogen (secondary N) is 1. The van der Waals surface area contributed by atoms with Crippen molar-refractivity contribution < 1.29 is 8.42 Å². The maximum absolute atomic E-state index is 11.0. The van der Waals surface area contributed by atoms with Gasteiger partial charge in [0.25, 0.3) is 0 Å². The van der Waals surface area contributed by atoms with E-state index in [0.29, 0.717) is 23.8 Å². The SMILES string of the molecule is C=C(Cl)CNC1CCS(=O)(=O)C1. The molecule has 0 spiro atoms. The molecule has 70 valence electrons. The van der Waals surface area contributed by atoms with Gasteiger partial charge in [-0.25, -0.2) is 8.42 Å². The van der Waals surface area contributed by atoms with E-state index in [-0.39, 0.29) is 11.8 Å². The van der Waals surface area contributed by atoms with Gasteiger partial charge in [-0.3, -0.25) is 0 Å². The highest BCUT2D eigenvalue weighted by molar-refractivity contribution is 7.91. The Morgan fingerprint density at radius 2 is 2.33 bits per heavy atom. The van der Waals surface area contributed by atoms with Gasteiger partial charge in [-0.05, 0) is 6.42 Å². The molecular weight excluding hydrogens is 198 g/mol. The zero-order chi connectivity index (χ0) is 9.19. The van der Waals surface area contributed by atoms with Gasteiger partial charge in [0.15, 0.2) is 9.84 Å². The van der Waals surface area contributed by atoms with Gasteiger partial charge in [0.05, 0.1) is 11.5 Å². The van der Waals surface area contributed by atoms with E-state index in [1.807, 2.05) is 0 Å². The topological polar surface area (TPSA) is 46.2 Å². The molecule has 1 aliphatic heterocycles. The van der Waals surface area contributed by atoms with Crippen molar-refractivity contribution in [2.45, 2.75) is 12.5 Å². The average molecular weight is 210 g/mol. The Kier molecular flexibility index (Phi) is 3.15. The highest BCUT2D eigenvalue weighted by Crippen LogP contribution is 2.11. The van der Waals surface area contributed by atoms with Gasteiger partial charge in [-0.15, -0.1) is 0 Å². The molecule has 1 rings (SSSR count). The molecule has 3 nitrogen and oxygen atoms in total. The third-order valence-corrected chi connectivity index (χ3v) is 3.72. The molecule has 5 heteroatoms. The first kappa shape index (κ1) is 10.0. The molecule has 1 atom stereocenters. The third kappa shape index (κ3) is 3.13. The van der Waals surface area contributed by atoms with Crippen molar-refractivity contribution in [3.8, 4) is 0 Å². The Hall–Kier alpha value is -0.0600. The van der Waals surface area contributed by atoms with Gasteiger partial charge in [0, 0.05) is 17.6 Å². The molecule has 1 saturated heterocycles. The first-order chi connectivity index (χ1) is 5.49. The summed E-state index contributed by atoms with van der Waals surface area (Å²) in [5.74, 6) is 0.524. The number of sulfone groups is 1. The number of hydrogen-bond acceptors (Lipinski definition) is 3. The molecule has 1 fully saturated rings. The minimum Gasteiger partial charge on any atom is -0.308 e. The normalized spacial score (nSPS) is 27.2. The van der Waals surface area contributed by atoms with Crippen molar-refractivity contribution in [3.05, 3.63) is 11.6 Å². The summed E-state index contributed by atoms with van der Waals surface area (Å²) in [6.07, 6.45) is 0.687. The van der Waals surface area contributed by atoms with Crippen molar-refractivity contribution >= 4 is 21.4 Å². The predicted molar refractivity (Wildman–Crippen MR) is 50.1 cm³/mol. The first-order valence-corrected chi connectivity index (χ1v) is 5.96. The molecule has 1 aliphatic rings. The number of rotatable bonds is 3.